The van der Waals surface area contributed by atoms with Crippen LogP contribution in [0.4, 0.5) is 4.79 Å². The summed E-state index contributed by atoms with van der Waals surface area (Å²) in [7, 11) is 1.70. The van der Waals surface area contributed by atoms with Crippen LogP contribution in [0.15, 0.2) is 29.3 Å². The lowest BCUT2D eigenvalue weighted by molar-refractivity contribution is -0.124. The zero-order valence-corrected chi connectivity index (χ0v) is 18.8. The van der Waals surface area contributed by atoms with Crippen LogP contribution in [-0.4, -0.2) is 56.0 Å². The van der Waals surface area contributed by atoms with Crippen molar-refractivity contribution in [3.05, 3.63) is 35.4 Å². The number of benzene rings is 1. The molecule has 0 spiro atoms. The van der Waals surface area contributed by atoms with Crippen LogP contribution in [0.1, 0.15) is 31.9 Å². The summed E-state index contributed by atoms with van der Waals surface area (Å²) < 4.78 is 0. The average molecular weight is 487 g/mol. The Bertz CT molecular complexity index is 657. The summed E-state index contributed by atoms with van der Waals surface area (Å²) in [4.78, 5) is 28.5. The first kappa shape index (κ1) is 23.2. The van der Waals surface area contributed by atoms with Gasteiger partial charge >= 0.3 is 6.03 Å². The highest BCUT2D eigenvalue weighted by Gasteiger charge is 2.27. The van der Waals surface area contributed by atoms with E-state index in [1.165, 1.54) is 16.0 Å². The Hall–Kier alpha value is -1.84. The van der Waals surface area contributed by atoms with E-state index < -0.39 is 0 Å². The van der Waals surface area contributed by atoms with Gasteiger partial charge in [0.1, 0.15) is 0 Å². The van der Waals surface area contributed by atoms with E-state index in [1.807, 2.05) is 0 Å². The highest BCUT2D eigenvalue weighted by atomic mass is 127. The molecule has 1 aromatic carbocycles. The number of aryl methyl sites for hydroxylation is 1. The third-order valence-corrected chi connectivity index (χ3v) is 4.63. The molecule has 1 aliphatic heterocycles. The van der Waals surface area contributed by atoms with Gasteiger partial charge in [-0.25, -0.2) is 4.79 Å². The Morgan fingerprint density at radius 1 is 1.22 bits per heavy atom. The maximum atomic E-state index is 11.6. The molecule has 1 fully saturated rings. The number of hydrogen-bond acceptors (Lipinski definition) is 3. The second-order valence-corrected chi connectivity index (χ2v) is 6.99. The molecule has 3 N–H and O–H groups in total. The van der Waals surface area contributed by atoms with E-state index in [0.717, 1.165) is 6.42 Å². The molecular weight excluding hydrogens is 457 g/mol. The van der Waals surface area contributed by atoms with Crippen molar-refractivity contribution in [3.63, 3.8) is 0 Å². The Morgan fingerprint density at radius 2 is 1.89 bits per heavy atom. The van der Waals surface area contributed by atoms with Gasteiger partial charge < -0.3 is 16.0 Å². The van der Waals surface area contributed by atoms with Gasteiger partial charge in [0.2, 0.25) is 5.91 Å². The molecule has 1 aromatic rings. The molecule has 1 heterocycles. The van der Waals surface area contributed by atoms with E-state index >= 15 is 0 Å². The molecule has 1 saturated heterocycles. The number of carbonyl (C=O) groups is 2. The topological polar surface area (TPSA) is 85.8 Å². The van der Waals surface area contributed by atoms with Gasteiger partial charge in [0.15, 0.2) is 5.96 Å². The van der Waals surface area contributed by atoms with Crippen LogP contribution < -0.4 is 16.0 Å². The van der Waals surface area contributed by atoms with Crippen LogP contribution in [0.2, 0.25) is 0 Å². The fraction of sp³-hybridized carbons (Fsp3) is 0.526. The second-order valence-electron chi connectivity index (χ2n) is 6.99. The highest BCUT2D eigenvalue weighted by molar-refractivity contribution is 14.0. The fourth-order valence-electron chi connectivity index (χ4n) is 2.79. The minimum absolute atomic E-state index is 0. The van der Waals surface area contributed by atoms with Crippen LogP contribution in [0.25, 0.3) is 0 Å². The van der Waals surface area contributed by atoms with Gasteiger partial charge in [-0.1, -0.05) is 45.0 Å². The maximum Gasteiger partial charge on any atom is 0.324 e. The molecule has 8 heteroatoms. The summed E-state index contributed by atoms with van der Waals surface area (Å²) in [5.41, 5.74) is 2.53. The summed E-state index contributed by atoms with van der Waals surface area (Å²) in [5.74, 6) is 0.451. The van der Waals surface area contributed by atoms with Gasteiger partial charge in [-0.05, 0) is 17.5 Å². The van der Waals surface area contributed by atoms with Gasteiger partial charge in [0.25, 0.3) is 0 Å². The van der Waals surface area contributed by atoms with Crippen molar-refractivity contribution in [1.82, 2.24) is 20.9 Å². The number of rotatable bonds is 7. The summed E-state index contributed by atoms with van der Waals surface area (Å²) in [6.45, 7) is 8.06. The predicted molar refractivity (Wildman–Crippen MR) is 119 cm³/mol. The van der Waals surface area contributed by atoms with E-state index in [0.29, 0.717) is 25.6 Å². The first-order chi connectivity index (χ1) is 12.4. The molecular formula is C19H30IN5O2. The van der Waals surface area contributed by atoms with Gasteiger partial charge in [-0.15, -0.1) is 24.0 Å². The molecule has 27 heavy (non-hydrogen) atoms. The van der Waals surface area contributed by atoms with Crippen molar-refractivity contribution in [2.75, 3.05) is 33.2 Å². The number of guanidine groups is 1. The fourth-order valence-corrected chi connectivity index (χ4v) is 2.79. The van der Waals surface area contributed by atoms with Crippen molar-refractivity contribution >= 4 is 41.9 Å². The number of imide groups is 1. The number of nitrogens with one attached hydrogen (secondary N) is 3. The molecule has 0 unspecified atom stereocenters. The maximum absolute atomic E-state index is 11.6. The van der Waals surface area contributed by atoms with Gasteiger partial charge in [0, 0.05) is 32.1 Å². The number of nitrogens with zero attached hydrogens (tertiary/aromatic N) is 2. The van der Waals surface area contributed by atoms with Gasteiger partial charge in [0.05, 0.1) is 6.54 Å². The Kier molecular flexibility index (Phi) is 9.01. The van der Waals surface area contributed by atoms with Crippen molar-refractivity contribution in [3.8, 4) is 0 Å². The van der Waals surface area contributed by atoms with Crippen LogP contribution in [-0.2, 0) is 16.6 Å². The smallest absolute Gasteiger partial charge is 0.324 e. The molecule has 1 aliphatic rings. The highest BCUT2D eigenvalue weighted by Crippen LogP contribution is 2.22. The number of amides is 3. The van der Waals surface area contributed by atoms with Crippen molar-refractivity contribution < 1.29 is 9.59 Å². The summed E-state index contributed by atoms with van der Waals surface area (Å²) in [6.07, 6.45) is 1.03. The molecule has 7 nitrogen and oxygen atoms in total. The Labute approximate surface area is 178 Å². The summed E-state index contributed by atoms with van der Waals surface area (Å²) >= 11 is 0. The lowest BCUT2D eigenvalue weighted by Crippen LogP contribution is -2.46. The molecule has 3 amide bonds. The molecule has 0 bridgehead atoms. The Morgan fingerprint density at radius 3 is 2.41 bits per heavy atom. The zero-order valence-electron chi connectivity index (χ0n) is 16.5. The number of urea groups is 1. The Balaban J connectivity index is 0.00000364. The molecule has 2 rings (SSSR count). The summed E-state index contributed by atoms with van der Waals surface area (Å²) in [5, 5.41) is 8.97. The minimum Gasteiger partial charge on any atom is -0.356 e. The van der Waals surface area contributed by atoms with E-state index in [-0.39, 0.29) is 47.9 Å². The predicted octanol–water partition coefficient (Wildman–Crippen LogP) is 1.86. The van der Waals surface area contributed by atoms with Crippen molar-refractivity contribution in [2.24, 2.45) is 4.99 Å². The number of carbonyl (C=O) groups excluding carboxylic acids is 2. The third kappa shape index (κ3) is 6.37. The standard InChI is InChI=1S/C19H29N5O2.HI/c1-5-14-6-8-15(9-7-14)19(2,3)13-23-17(20-4)21-10-11-24-16(25)12-22-18(24)26;/h6-9H,5,10-13H2,1-4H3,(H,22,26)(H2,20,21,23);1H. The number of halogens is 1. The second kappa shape index (κ2) is 10.5. The van der Waals surface area contributed by atoms with Crippen LogP contribution in [0.5, 0.6) is 0 Å². The van der Waals surface area contributed by atoms with Crippen LogP contribution in [0.3, 0.4) is 0 Å². The lowest BCUT2D eigenvalue weighted by atomic mass is 9.84. The average Bonchev–Trinajstić information content (AvgIpc) is 2.96. The number of hydrogen-bond donors (Lipinski definition) is 3. The van der Waals surface area contributed by atoms with E-state index in [9.17, 15) is 9.59 Å². The SMILES string of the molecule is CCc1ccc(C(C)(C)CNC(=NC)NCCN2C(=O)CNC2=O)cc1.I. The third-order valence-electron chi connectivity index (χ3n) is 4.63. The van der Waals surface area contributed by atoms with Gasteiger partial charge in [-0.2, -0.15) is 0 Å². The molecule has 150 valence electrons. The van der Waals surface area contributed by atoms with Crippen LogP contribution in [0, 0.1) is 0 Å². The summed E-state index contributed by atoms with van der Waals surface area (Å²) in [6, 6.07) is 8.35. The molecule has 0 saturated carbocycles. The largest absolute Gasteiger partial charge is 0.356 e. The first-order valence-corrected chi connectivity index (χ1v) is 8.99. The molecule has 0 aromatic heterocycles. The van der Waals surface area contributed by atoms with Gasteiger partial charge in [-0.3, -0.25) is 14.7 Å². The normalized spacial score (nSPS) is 14.7. The van der Waals surface area contributed by atoms with E-state index in [2.05, 4.69) is 66.0 Å². The molecule has 0 radical (unpaired) electrons. The number of aliphatic imine (C=N–C) groups is 1. The monoisotopic (exact) mass is 487 g/mol. The van der Waals surface area contributed by atoms with Crippen LogP contribution >= 0.6 is 24.0 Å². The zero-order chi connectivity index (χ0) is 19.2. The lowest BCUT2D eigenvalue weighted by Gasteiger charge is -2.27. The first-order valence-electron chi connectivity index (χ1n) is 8.99. The van der Waals surface area contributed by atoms with E-state index in [4.69, 9.17) is 0 Å². The molecule has 0 atom stereocenters. The van der Waals surface area contributed by atoms with Crippen molar-refractivity contribution in [1.29, 1.82) is 0 Å². The molecule has 0 aliphatic carbocycles. The minimum atomic E-state index is -0.337. The quantitative estimate of drug-likeness (QED) is 0.237. The van der Waals surface area contributed by atoms with E-state index in [1.54, 1.807) is 7.05 Å². The van der Waals surface area contributed by atoms with Crippen molar-refractivity contribution in [2.45, 2.75) is 32.6 Å².